The highest BCUT2D eigenvalue weighted by atomic mass is 79.9. The summed E-state index contributed by atoms with van der Waals surface area (Å²) in [7, 11) is -2.56. The molecule has 16 heavy (non-hydrogen) atoms. The van der Waals surface area contributed by atoms with Crippen LogP contribution < -0.4 is 0 Å². The van der Waals surface area contributed by atoms with E-state index in [1.807, 2.05) is 0 Å². The van der Waals surface area contributed by atoms with Gasteiger partial charge >= 0.3 is 0 Å². The van der Waals surface area contributed by atoms with E-state index >= 15 is 0 Å². The van der Waals surface area contributed by atoms with Crippen LogP contribution in [0.5, 0.6) is 0 Å². The fraction of sp³-hybridized carbons (Fsp3) is 0.818. The molecule has 0 aliphatic heterocycles. The van der Waals surface area contributed by atoms with Gasteiger partial charge in [0.25, 0.3) is 0 Å². The molecule has 0 radical (unpaired) electrons. The van der Waals surface area contributed by atoms with Crippen molar-refractivity contribution in [3.05, 3.63) is 0 Å². The molecule has 5 heteroatoms. The normalized spacial score (nSPS) is 16.0. The van der Waals surface area contributed by atoms with Gasteiger partial charge in [-0.1, -0.05) is 46.2 Å². The Kier molecular flexibility index (Phi) is 6.31. The molecule has 0 aromatic heterocycles. The van der Waals surface area contributed by atoms with Crippen LogP contribution in [0.25, 0.3) is 0 Å². The molecule has 0 aromatic carbocycles. The Morgan fingerprint density at radius 1 is 1.12 bits per heavy atom. The lowest BCUT2D eigenvalue weighted by atomic mass is 10.8. The number of nitrogens with zero attached hydrogens (tertiary/aromatic N) is 1. The summed E-state index contributed by atoms with van der Waals surface area (Å²) in [4.78, 5) is 0. The molecule has 1 nitrogen and oxygen atoms in total. The summed E-state index contributed by atoms with van der Waals surface area (Å²) in [6.45, 7) is 16.0. The molecule has 1 unspecified atom stereocenters. The molecule has 0 aliphatic carbocycles. The second-order valence-corrected chi connectivity index (χ2v) is 22.6. The van der Waals surface area contributed by atoms with Gasteiger partial charge in [-0.15, -0.1) is 11.5 Å². The predicted octanol–water partition coefficient (Wildman–Crippen LogP) is 5.23. The van der Waals surface area contributed by atoms with Crippen LogP contribution in [0.15, 0.2) is 4.41 Å². The Bertz CT molecular complexity index is 342. The van der Waals surface area contributed by atoms with Gasteiger partial charge in [0.15, 0.2) is 8.24 Å². The van der Waals surface area contributed by atoms with Crippen molar-refractivity contribution in [3.63, 3.8) is 0 Å². The fourth-order valence-corrected chi connectivity index (χ4v) is 12.3. The summed E-state index contributed by atoms with van der Waals surface area (Å²) < 4.78 is 5.06. The first-order valence-corrected chi connectivity index (χ1v) is 16.9. The van der Waals surface area contributed by atoms with Gasteiger partial charge in [-0.3, -0.25) is 0 Å². The van der Waals surface area contributed by atoms with E-state index in [4.69, 9.17) is 4.41 Å². The Labute approximate surface area is 112 Å². The van der Waals surface area contributed by atoms with Crippen LogP contribution in [-0.2, 0) is 0 Å². The highest BCUT2D eigenvalue weighted by Gasteiger charge is 2.19. The fourth-order valence-electron chi connectivity index (χ4n) is 1.18. The largest absolute Gasteiger partial charge is 0.327 e. The monoisotopic (exact) mass is 337 g/mol. The van der Waals surface area contributed by atoms with Crippen LogP contribution in [0.1, 0.15) is 6.92 Å². The lowest BCUT2D eigenvalue weighted by Crippen LogP contribution is -2.17. The molecule has 0 spiro atoms. The maximum absolute atomic E-state index is 5.06. The molecular formula is C11H25BrNPSi2. The standard InChI is InChI=1S/C11H25BrNPSi2/c1-8-14(12,13-16(5,6)7)10-9-11-15(2,3)4/h8,10H2,1-7H3. The van der Waals surface area contributed by atoms with Crippen molar-refractivity contribution in [1.29, 1.82) is 0 Å². The predicted molar refractivity (Wildman–Crippen MR) is 88.2 cm³/mol. The average Bonchev–Trinajstić information content (AvgIpc) is 1.98. The summed E-state index contributed by atoms with van der Waals surface area (Å²) in [6.07, 6.45) is 2.08. The van der Waals surface area contributed by atoms with E-state index in [0.29, 0.717) is 0 Å². The topological polar surface area (TPSA) is 12.4 Å². The third-order valence-corrected chi connectivity index (χ3v) is 11.8. The third kappa shape index (κ3) is 8.81. The zero-order chi connectivity index (χ0) is 13.0. The minimum Gasteiger partial charge on any atom is -0.327 e. The molecule has 1 atom stereocenters. The first kappa shape index (κ1) is 16.7. The molecule has 0 aromatic rings. The summed E-state index contributed by atoms with van der Waals surface area (Å²) >= 11 is 3.88. The van der Waals surface area contributed by atoms with E-state index in [1.54, 1.807) is 0 Å². The Balaban J connectivity index is 4.88. The molecule has 0 fully saturated rings. The number of hydrogen-bond donors (Lipinski definition) is 0. The summed E-state index contributed by atoms with van der Waals surface area (Å²) in [6, 6.07) is 0. The van der Waals surface area contributed by atoms with Crippen LogP contribution in [0, 0.1) is 11.5 Å². The van der Waals surface area contributed by atoms with Gasteiger partial charge in [0, 0.05) is 5.76 Å². The van der Waals surface area contributed by atoms with Gasteiger partial charge in [0.05, 0.1) is 6.16 Å². The van der Waals surface area contributed by atoms with Crippen molar-refractivity contribution in [2.45, 2.75) is 46.2 Å². The molecule has 0 bridgehead atoms. The summed E-state index contributed by atoms with van der Waals surface area (Å²) in [5, 5.41) is 0. The molecular weight excluding hydrogens is 313 g/mol. The minimum absolute atomic E-state index is 0.956. The van der Waals surface area contributed by atoms with Crippen molar-refractivity contribution in [2.75, 3.05) is 12.3 Å². The van der Waals surface area contributed by atoms with Crippen LogP contribution in [0.4, 0.5) is 0 Å². The van der Waals surface area contributed by atoms with E-state index in [-0.39, 0.29) is 0 Å². The van der Waals surface area contributed by atoms with E-state index in [2.05, 4.69) is 73.2 Å². The molecule has 0 saturated heterocycles. The molecule has 0 heterocycles. The molecule has 0 amide bonds. The molecule has 94 valence electrons. The zero-order valence-corrected chi connectivity index (χ0v) is 16.2. The second-order valence-electron chi connectivity index (χ2n) is 6.12. The smallest absolute Gasteiger partial charge is 0.171 e. The van der Waals surface area contributed by atoms with Gasteiger partial charge < -0.3 is 4.41 Å². The first-order valence-electron chi connectivity index (χ1n) is 5.79. The van der Waals surface area contributed by atoms with Crippen molar-refractivity contribution in [2.24, 2.45) is 4.41 Å². The molecule has 0 aliphatic rings. The SMILES string of the molecule is CCP(Br)(CC#C[Si](C)(C)C)=N[Si](C)(C)C. The van der Waals surface area contributed by atoms with E-state index in [0.717, 1.165) is 12.3 Å². The summed E-state index contributed by atoms with van der Waals surface area (Å²) in [5.74, 6) is 2.07. The van der Waals surface area contributed by atoms with Crippen molar-refractivity contribution in [3.8, 4) is 11.5 Å². The Hall–Kier alpha value is 0.704. The van der Waals surface area contributed by atoms with Crippen molar-refractivity contribution in [1.82, 2.24) is 0 Å². The highest BCUT2D eigenvalue weighted by Crippen LogP contribution is 2.57. The van der Waals surface area contributed by atoms with Crippen molar-refractivity contribution >= 4 is 37.6 Å². The number of halogens is 1. The minimum atomic E-state index is -1.34. The maximum atomic E-state index is 5.06. The van der Waals surface area contributed by atoms with Crippen LogP contribution in [0.3, 0.4) is 0 Å². The van der Waals surface area contributed by atoms with Gasteiger partial charge in [0.1, 0.15) is 8.07 Å². The van der Waals surface area contributed by atoms with E-state index in [9.17, 15) is 0 Å². The van der Waals surface area contributed by atoms with Gasteiger partial charge in [-0.2, -0.15) is 0 Å². The highest BCUT2D eigenvalue weighted by molar-refractivity contribution is 9.40. The van der Waals surface area contributed by atoms with E-state index < -0.39 is 22.1 Å². The van der Waals surface area contributed by atoms with Crippen molar-refractivity contribution < 1.29 is 0 Å². The number of rotatable bonds is 3. The molecule has 0 saturated carbocycles. The van der Waals surface area contributed by atoms with Crippen LogP contribution in [0.2, 0.25) is 39.3 Å². The molecule has 0 rings (SSSR count). The molecule has 0 N–H and O–H groups in total. The van der Waals surface area contributed by atoms with E-state index in [1.165, 1.54) is 0 Å². The number of hydrogen-bond acceptors (Lipinski definition) is 1. The van der Waals surface area contributed by atoms with Crippen LogP contribution in [-0.4, -0.2) is 28.6 Å². The lowest BCUT2D eigenvalue weighted by molar-refractivity contribution is 1.46. The maximum Gasteiger partial charge on any atom is 0.171 e. The van der Waals surface area contributed by atoms with Crippen LogP contribution >= 0.6 is 21.2 Å². The quantitative estimate of drug-likeness (QED) is 0.379. The zero-order valence-electron chi connectivity index (χ0n) is 11.7. The van der Waals surface area contributed by atoms with Gasteiger partial charge in [0.2, 0.25) is 0 Å². The Morgan fingerprint density at radius 3 is 1.94 bits per heavy atom. The summed E-state index contributed by atoms with van der Waals surface area (Å²) in [5.41, 5.74) is 3.44. The lowest BCUT2D eigenvalue weighted by Gasteiger charge is -2.20. The van der Waals surface area contributed by atoms with Gasteiger partial charge in [-0.25, -0.2) is 0 Å². The Morgan fingerprint density at radius 2 is 1.62 bits per heavy atom. The third-order valence-electron chi connectivity index (χ3n) is 1.75. The average molecular weight is 338 g/mol. The van der Waals surface area contributed by atoms with Gasteiger partial charge in [-0.05, 0) is 21.7 Å². The second kappa shape index (κ2) is 6.04. The first-order chi connectivity index (χ1) is 6.97.